The Kier molecular flexibility index (Phi) is 4.29. The van der Waals surface area contributed by atoms with Crippen LogP contribution in [0.15, 0.2) is 47.4 Å². The minimum absolute atomic E-state index is 0.0666. The zero-order chi connectivity index (χ0) is 16.4. The van der Waals surface area contributed by atoms with Gasteiger partial charge in [-0.25, -0.2) is 4.39 Å². The number of carbonyl (C=O) groups excluding carboxylic acids is 1. The third-order valence-electron chi connectivity index (χ3n) is 3.67. The van der Waals surface area contributed by atoms with Gasteiger partial charge in [0, 0.05) is 28.3 Å². The molecule has 0 radical (unpaired) electrons. The second-order valence-corrected chi connectivity index (χ2v) is 6.23. The second kappa shape index (κ2) is 6.37. The van der Waals surface area contributed by atoms with Gasteiger partial charge in [0.25, 0.3) is 11.6 Å². The van der Waals surface area contributed by atoms with E-state index in [1.807, 2.05) is 6.07 Å². The lowest BCUT2D eigenvalue weighted by atomic mass is 10.0. The van der Waals surface area contributed by atoms with Gasteiger partial charge in [-0.05, 0) is 30.2 Å². The van der Waals surface area contributed by atoms with Crippen molar-refractivity contribution in [1.29, 1.82) is 0 Å². The molecule has 0 bridgehead atoms. The summed E-state index contributed by atoms with van der Waals surface area (Å²) in [5.74, 6) is 0.118. The summed E-state index contributed by atoms with van der Waals surface area (Å²) < 4.78 is 13.8. The maximum Gasteiger partial charge on any atom is 0.269 e. The first kappa shape index (κ1) is 15.5. The second-order valence-electron chi connectivity index (χ2n) is 5.13. The number of non-ortho nitro benzene ring substituents is 1. The van der Waals surface area contributed by atoms with Gasteiger partial charge in [0.2, 0.25) is 0 Å². The van der Waals surface area contributed by atoms with E-state index in [0.29, 0.717) is 16.9 Å². The standard InChI is InChI=1S/C16H13FN2O3S/c17-13-3-1-2-12-14(8-9-23-15(12)13)18-16(20)10-4-6-11(7-5-10)19(21)22/h1-7,14H,8-9H2,(H,18,20)/t14-/m1/s1. The first-order valence-electron chi connectivity index (χ1n) is 7.03. The summed E-state index contributed by atoms with van der Waals surface area (Å²) in [6.07, 6.45) is 0.708. The van der Waals surface area contributed by atoms with Crippen LogP contribution in [0.3, 0.4) is 0 Å². The Morgan fingerprint density at radius 2 is 2.00 bits per heavy atom. The van der Waals surface area contributed by atoms with Crippen LogP contribution in [-0.4, -0.2) is 16.6 Å². The molecule has 0 aliphatic carbocycles. The minimum atomic E-state index is -0.515. The topological polar surface area (TPSA) is 72.2 Å². The van der Waals surface area contributed by atoms with Crippen molar-refractivity contribution in [2.75, 3.05) is 5.75 Å². The maximum atomic E-state index is 13.8. The molecule has 0 fully saturated rings. The van der Waals surface area contributed by atoms with Gasteiger partial charge in [-0.3, -0.25) is 14.9 Å². The maximum absolute atomic E-state index is 13.8. The number of thioether (sulfide) groups is 1. The Labute approximate surface area is 136 Å². The number of fused-ring (bicyclic) bond motifs is 1. The summed E-state index contributed by atoms with van der Waals surface area (Å²) in [5.41, 5.74) is 1.05. The van der Waals surface area contributed by atoms with E-state index in [0.717, 1.165) is 11.3 Å². The quantitative estimate of drug-likeness (QED) is 0.687. The first-order chi connectivity index (χ1) is 11.1. The molecule has 0 saturated carbocycles. The van der Waals surface area contributed by atoms with Crippen LogP contribution in [0.1, 0.15) is 28.4 Å². The molecule has 0 unspecified atom stereocenters. The van der Waals surface area contributed by atoms with Crippen LogP contribution >= 0.6 is 11.8 Å². The third-order valence-corrected chi connectivity index (χ3v) is 4.83. The lowest BCUT2D eigenvalue weighted by Gasteiger charge is -2.26. The number of amides is 1. The van der Waals surface area contributed by atoms with Crippen molar-refractivity contribution in [3.63, 3.8) is 0 Å². The number of carbonyl (C=O) groups is 1. The molecule has 1 atom stereocenters. The molecule has 2 aromatic rings. The summed E-state index contributed by atoms with van der Waals surface area (Å²) in [4.78, 5) is 23.0. The molecule has 23 heavy (non-hydrogen) atoms. The monoisotopic (exact) mass is 332 g/mol. The molecule has 7 heteroatoms. The molecule has 1 aliphatic rings. The molecule has 3 rings (SSSR count). The molecule has 1 aliphatic heterocycles. The lowest BCUT2D eigenvalue weighted by Crippen LogP contribution is -2.30. The van der Waals surface area contributed by atoms with E-state index < -0.39 is 4.92 Å². The average molecular weight is 332 g/mol. The molecular formula is C16H13FN2O3S. The van der Waals surface area contributed by atoms with Crippen molar-refractivity contribution in [3.05, 3.63) is 69.5 Å². The SMILES string of the molecule is O=C(N[C@@H]1CCSc2c(F)cccc21)c1ccc([N+](=O)[O-])cc1. The number of hydrogen-bond donors (Lipinski definition) is 1. The van der Waals surface area contributed by atoms with Crippen molar-refractivity contribution >= 4 is 23.4 Å². The molecule has 0 aromatic heterocycles. The van der Waals surface area contributed by atoms with Crippen LogP contribution in [0.4, 0.5) is 10.1 Å². The van der Waals surface area contributed by atoms with Crippen molar-refractivity contribution in [2.24, 2.45) is 0 Å². The van der Waals surface area contributed by atoms with Crippen LogP contribution in [0, 0.1) is 15.9 Å². The fraction of sp³-hybridized carbons (Fsp3) is 0.188. The summed E-state index contributed by atoms with van der Waals surface area (Å²) >= 11 is 1.45. The molecule has 0 spiro atoms. The Morgan fingerprint density at radius 3 is 2.70 bits per heavy atom. The van der Waals surface area contributed by atoms with Crippen molar-refractivity contribution in [3.8, 4) is 0 Å². The molecule has 2 aromatic carbocycles. The lowest BCUT2D eigenvalue weighted by molar-refractivity contribution is -0.384. The molecule has 1 heterocycles. The number of halogens is 1. The molecule has 5 nitrogen and oxygen atoms in total. The number of hydrogen-bond acceptors (Lipinski definition) is 4. The highest BCUT2D eigenvalue weighted by Crippen LogP contribution is 2.37. The Balaban J connectivity index is 1.79. The highest BCUT2D eigenvalue weighted by atomic mass is 32.2. The van der Waals surface area contributed by atoms with Gasteiger partial charge in [0.1, 0.15) is 5.82 Å². The van der Waals surface area contributed by atoms with Crippen LogP contribution in [0.2, 0.25) is 0 Å². The highest BCUT2D eigenvalue weighted by Gasteiger charge is 2.24. The van der Waals surface area contributed by atoms with Crippen LogP contribution in [-0.2, 0) is 0 Å². The largest absolute Gasteiger partial charge is 0.345 e. The molecule has 0 saturated heterocycles. The predicted octanol–water partition coefficient (Wildman–Crippen LogP) is 3.70. The van der Waals surface area contributed by atoms with E-state index in [4.69, 9.17) is 0 Å². The smallest absolute Gasteiger partial charge is 0.269 e. The summed E-state index contributed by atoms with van der Waals surface area (Å²) in [7, 11) is 0. The summed E-state index contributed by atoms with van der Waals surface area (Å²) in [5, 5.41) is 13.5. The zero-order valence-electron chi connectivity index (χ0n) is 12.0. The first-order valence-corrected chi connectivity index (χ1v) is 8.01. The number of rotatable bonds is 3. The van der Waals surface area contributed by atoms with Crippen molar-refractivity contribution in [1.82, 2.24) is 5.32 Å². The number of nitro groups is 1. The van der Waals surface area contributed by atoms with E-state index in [1.54, 1.807) is 6.07 Å². The van der Waals surface area contributed by atoms with Gasteiger partial charge in [0.05, 0.1) is 11.0 Å². The van der Waals surface area contributed by atoms with Gasteiger partial charge in [-0.2, -0.15) is 0 Å². The minimum Gasteiger partial charge on any atom is -0.345 e. The van der Waals surface area contributed by atoms with Crippen molar-refractivity contribution < 1.29 is 14.1 Å². The van der Waals surface area contributed by atoms with E-state index in [9.17, 15) is 19.3 Å². The Morgan fingerprint density at radius 1 is 1.26 bits per heavy atom. The van der Waals surface area contributed by atoms with E-state index in [2.05, 4.69) is 5.32 Å². The Hall–Kier alpha value is -2.41. The van der Waals surface area contributed by atoms with Gasteiger partial charge >= 0.3 is 0 Å². The molecule has 1 amide bonds. The predicted molar refractivity (Wildman–Crippen MR) is 85.0 cm³/mol. The van der Waals surface area contributed by atoms with Gasteiger partial charge in [0.15, 0.2) is 0 Å². The van der Waals surface area contributed by atoms with Crippen LogP contribution in [0.25, 0.3) is 0 Å². The van der Waals surface area contributed by atoms with E-state index in [1.165, 1.54) is 42.1 Å². The normalized spacial score (nSPS) is 16.5. The van der Waals surface area contributed by atoms with Crippen LogP contribution < -0.4 is 5.32 Å². The summed E-state index contributed by atoms with van der Waals surface area (Å²) in [6, 6.07) is 10.0. The number of benzene rings is 2. The van der Waals surface area contributed by atoms with Gasteiger partial charge < -0.3 is 5.32 Å². The Bertz CT molecular complexity index is 764. The average Bonchev–Trinajstić information content (AvgIpc) is 2.56. The molecule has 1 N–H and O–H groups in total. The number of nitrogens with one attached hydrogen (secondary N) is 1. The fourth-order valence-electron chi connectivity index (χ4n) is 2.51. The third kappa shape index (κ3) is 3.19. The molecular weight excluding hydrogens is 319 g/mol. The fourth-order valence-corrected chi connectivity index (χ4v) is 3.65. The van der Waals surface area contributed by atoms with Gasteiger partial charge in [-0.15, -0.1) is 11.8 Å². The number of nitro benzene ring substituents is 1. The zero-order valence-corrected chi connectivity index (χ0v) is 12.8. The number of nitrogens with zero attached hydrogens (tertiary/aromatic N) is 1. The van der Waals surface area contributed by atoms with E-state index >= 15 is 0 Å². The molecule has 118 valence electrons. The summed E-state index contributed by atoms with van der Waals surface area (Å²) in [6.45, 7) is 0. The van der Waals surface area contributed by atoms with Crippen LogP contribution in [0.5, 0.6) is 0 Å². The van der Waals surface area contributed by atoms with Crippen molar-refractivity contribution in [2.45, 2.75) is 17.4 Å². The van der Waals surface area contributed by atoms with Gasteiger partial charge in [-0.1, -0.05) is 12.1 Å². The highest BCUT2D eigenvalue weighted by molar-refractivity contribution is 7.99. The van der Waals surface area contributed by atoms with E-state index in [-0.39, 0.29) is 23.5 Å².